The molecule has 0 amide bonds. The van der Waals surface area contributed by atoms with Crippen LogP contribution in [0.5, 0.6) is 0 Å². The summed E-state index contributed by atoms with van der Waals surface area (Å²) in [4.78, 5) is 2.68. The Bertz CT molecular complexity index is 404. The summed E-state index contributed by atoms with van der Waals surface area (Å²) in [7, 11) is 0. The molecule has 2 nitrogen and oxygen atoms in total. The van der Waals surface area contributed by atoms with Crippen LogP contribution in [0.4, 0.5) is 0 Å². The lowest BCUT2D eigenvalue weighted by atomic mass is 9.99. The van der Waals surface area contributed by atoms with Gasteiger partial charge in [-0.3, -0.25) is 4.90 Å². The van der Waals surface area contributed by atoms with Crippen molar-refractivity contribution in [2.24, 2.45) is 0 Å². The molecule has 2 saturated heterocycles. The van der Waals surface area contributed by atoms with E-state index in [4.69, 9.17) is 11.6 Å². The van der Waals surface area contributed by atoms with Gasteiger partial charge >= 0.3 is 0 Å². The maximum atomic E-state index is 5.90. The Labute approximate surface area is 121 Å². The number of piperidine rings is 1. The highest BCUT2D eigenvalue weighted by molar-refractivity contribution is 6.30. The first-order valence-corrected chi connectivity index (χ1v) is 7.92. The SMILES string of the molecule is Clc1ccc(CCNC2CCN3CCCCC23)cc1. The van der Waals surface area contributed by atoms with Crippen LogP contribution in [-0.4, -0.2) is 36.6 Å². The molecule has 1 N–H and O–H groups in total. The van der Waals surface area contributed by atoms with Crippen molar-refractivity contribution in [1.29, 1.82) is 0 Å². The summed E-state index contributed by atoms with van der Waals surface area (Å²) >= 11 is 5.90. The molecular formula is C16H23ClN2. The summed E-state index contributed by atoms with van der Waals surface area (Å²) in [5.41, 5.74) is 1.37. The third kappa shape index (κ3) is 3.31. The van der Waals surface area contributed by atoms with Crippen LogP contribution in [0, 0.1) is 0 Å². The van der Waals surface area contributed by atoms with Crippen molar-refractivity contribution in [3.8, 4) is 0 Å². The molecule has 3 heteroatoms. The second-order valence-electron chi connectivity index (χ2n) is 5.82. The van der Waals surface area contributed by atoms with Crippen LogP contribution in [0.1, 0.15) is 31.2 Å². The van der Waals surface area contributed by atoms with E-state index in [1.165, 1.54) is 44.3 Å². The quantitative estimate of drug-likeness (QED) is 0.910. The fourth-order valence-corrected chi connectivity index (χ4v) is 3.66. The van der Waals surface area contributed by atoms with E-state index in [0.29, 0.717) is 6.04 Å². The van der Waals surface area contributed by atoms with E-state index in [-0.39, 0.29) is 0 Å². The predicted molar refractivity (Wildman–Crippen MR) is 80.8 cm³/mol. The molecule has 2 fully saturated rings. The zero-order chi connectivity index (χ0) is 13.1. The van der Waals surface area contributed by atoms with Crippen molar-refractivity contribution in [3.05, 3.63) is 34.9 Å². The molecule has 2 atom stereocenters. The van der Waals surface area contributed by atoms with E-state index in [0.717, 1.165) is 24.0 Å². The number of nitrogens with zero attached hydrogens (tertiary/aromatic N) is 1. The predicted octanol–water partition coefficient (Wildman–Crippen LogP) is 3.10. The number of hydrogen-bond acceptors (Lipinski definition) is 2. The fourth-order valence-electron chi connectivity index (χ4n) is 3.54. The zero-order valence-corrected chi connectivity index (χ0v) is 12.2. The van der Waals surface area contributed by atoms with Gasteiger partial charge in [0.1, 0.15) is 0 Å². The third-order valence-electron chi connectivity index (χ3n) is 4.59. The van der Waals surface area contributed by atoms with Gasteiger partial charge in [-0.15, -0.1) is 0 Å². The molecule has 19 heavy (non-hydrogen) atoms. The fraction of sp³-hybridized carbons (Fsp3) is 0.625. The topological polar surface area (TPSA) is 15.3 Å². The maximum Gasteiger partial charge on any atom is 0.0406 e. The van der Waals surface area contributed by atoms with Gasteiger partial charge in [-0.05, 0) is 56.5 Å². The average Bonchev–Trinajstić information content (AvgIpc) is 2.85. The summed E-state index contributed by atoms with van der Waals surface area (Å²) in [6, 6.07) is 9.74. The first-order valence-electron chi connectivity index (χ1n) is 7.55. The summed E-state index contributed by atoms with van der Waals surface area (Å²) in [6.07, 6.45) is 6.62. The maximum absolute atomic E-state index is 5.90. The normalized spacial score (nSPS) is 27.4. The largest absolute Gasteiger partial charge is 0.312 e. The van der Waals surface area contributed by atoms with Crippen LogP contribution in [0.2, 0.25) is 5.02 Å². The van der Waals surface area contributed by atoms with Crippen molar-refractivity contribution in [1.82, 2.24) is 10.2 Å². The van der Waals surface area contributed by atoms with E-state index in [2.05, 4.69) is 22.3 Å². The second-order valence-corrected chi connectivity index (χ2v) is 6.26. The van der Waals surface area contributed by atoms with E-state index in [1.54, 1.807) is 0 Å². The van der Waals surface area contributed by atoms with Gasteiger partial charge in [0.15, 0.2) is 0 Å². The molecule has 2 heterocycles. The second kappa shape index (κ2) is 6.25. The van der Waals surface area contributed by atoms with Gasteiger partial charge in [0.2, 0.25) is 0 Å². The molecule has 2 unspecified atom stereocenters. The molecule has 0 aliphatic carbocycles. The van der Waals surface area contributed by atoms with Crippen LogP contribution in [0.25, 0.3) is 0 Å². The summed E-state index contributed by atoms with van der Waals surface area (Å²) in [5.74, 6) is 0. The first kappa shape index (κ1) is 13.4. The van der Waals surface area contributed by atoms with Crippen molar-refractivity contribution < 1.29 is 0 Å². The van der Waals surface area contributed by atoms with E-state index in [9.17, 15) is 0 Å². The van der Waals surface area contributed by atoms with Crippen molar-refractivity contribution >= 4 is 11.6 Å². The van der Waals surface area contributed by atoms with E-state index < -0.39 is 0 Å². The lowest BCUT2D eigenvalue weighted by molar-refractivity contribution is 0.181. The van der Waals surface area contributed by atoms with Crippen molar-refractivity contribution in [2.75, 3.05) is 19.6 Å². The van der Waals surface area contributed by atoms with Gasteiger partial charge in [0.05, 0.1) is 0 Å². The first-order chi connectivity index (χ1) is 9.33. The number of benzene rings is 1. The van der Waals surface area contributed by atoms with Gasteiger partial charge in [0, 0.05) is 23.7 Å². The number of rotatable bonds is 4. The number of halogens is 1. The Kier molecular flexibility index (Phi) is 4.42. The highest BCUT2D eigenvalue weighted by Crippen LogP contribution is 2.27. The number of nitrogens with one attached hydrogen (secondary N) is 1. The van der Waals surface area contributed by atoms with Crippen LogP contribution in [0.3, 0.4) is 0 Å². The molecule has 104 valence electrons. The smallest absolute Gasteiger partial charge is 0.0406 e. The Morgan fingerprint density at radius 3 is 2.79 bits per heavy atom. The van der Waals surface area contributed by atoms with Crippen molar-refractivity contribution in [3.63, 3.8) is 0 Å². The molecule has 0 radical (unpaired) electrons. The number of hydrogen-bond donors (Lipinski definition) is 1. The van der Waals surface area contributed by atoms with Gasteiger partial charge in [0.25, 0.3) is 0 Å². The van der Waals surface area contributed by atoms with Crippen LogP contribution < -0.4 is 5.32 Å². The molecule has 1 aromatic rings. The summed E-state index contributed by atoms with van der Waals surface area (Å²) < 4.78 is 0. The highest BCUT2D eigenvalue weighted by Gasteiger charge is 2.34. The minimum atomic E-state index is 0.715. The van der Waals surface area contributed by atoms with Gasteiger partial charge in [-0.25, -0.2) is 0 Å². The van der Waals surface area contributed by atoms with Gasteiger partial charge in [-0.2, -0.15) is 0 Å². The molecule has 2 aliphatic rings. The molecular weight excluding hydrogens is 256 g/mol. The Hall–Kier alpha value is -0.570. The summed E-state index contributed by atoms with van der Waals surface area (Å²) in [6.45, 7) is 3.69. The monoisotopic (exact) mass is 278 g/mol. The molecule has 0 saturated carbocycles. The Morgan fingerprint density at radius 1 is 1.11 bits per heavy atom. The standard InChI is InChI=1S/C16H23ClN2/c17-14-6-4-13(5-7-14)8-10-18-15-9-12-19-11-2-1-3-16(15)19/h4-7,15-16,18H,1-3,8-12H2. The van der Waals surface area contributed by atoms with E-state index >= 15 is 0 Å². The molecule has 0 bridgehead atoms. The molecule has 2 aliphatic heterocycles. The number of fused-ring (bicyclic) bond motifs is 1. The van der Waals surface area contributed by atoms with Gasteiger partial charge < -0.3 is 5.32 Å². The Morgan fingerprint density at radius 2 is 1.95 bits per heavy atom. The molecule has 1 aromatic carbocycles. The highest BCUT2D eigenvalue weighted by atomic mass is 35.5. The molecule has 0 aromatic heterocycles. The van der Waals surface area contributed by atoms with Crippen LogP contribution in [-0.2, 0) is 6.42 Å². The zero-order valence-electron chi connectivity index (χ0n) is 11.4. The molecule has 3 rings (SSSR count). The summed E-state index contributed by atoms with van der Waals surface area (Å²) in [5, 5.41) is 4.59. The van der Waals surface area contributed by atoms with E-state index in [1.807, 2.05) is 12.1 Å². The lowest BCUT2D eigenvalue weighted by Gasteiger charge is -2.32. The minimum absolute atomic E-state index is 0.715. The molecule has 0 spiro atoms. The van der Waals surface area contributed by atoms with Crippen molar-refractivity contribution in [2.45, 2.75) is 44.2 Å². The van der Waals surface area contributed by atoms with Crippen LogP contribution >= 0.6 is 11.6 Å². The lowest BCUT2D eigenvalue weighted by Crippen LogP contribution is -2.45. The van der Waals surface area contributed by atoms with Crippen LogP contribution in [0.15, 0.2) is 24.3 Å². The third-order valence-corrected chi connectivity index (χ3v) is 4.84. The Balaban J connectivity index is 1.46. The minimum Gasteiger partial charge on any atom is -0.312 e. The van der Waals surface area contributed by atoms with Gasteiger partial charge in [-0.1, -0.05) is 30.2 Å². The average molecular weight is 279 g/mol.